The summed E-state index contributed by atoms with van der Waals surface area (Å²) < 4.78 is 34.1. The number of nitriles is 2. The van der Waals surface area contributed by atoms with Crippen LogP contribution in [0.2, 0.25) is 0 Å². The zero-order valence-corrected chi connectivity index (χ0v) is 21.0. The molecule has 1 saturated heterocycles. The van der Waals surface area contributed by atoms with Gasteiger partial charge in [-0.1, -0.05) is 35.5 Å². The third-order valence-corrected chi connectivity index (χ3v) is 6.86. The normalized spacial score (nSPS) is 14.9. The average Bonchev–Trinajstić information content (AvgIpc) is 3.41. The van der Waals surface area contributed by atoms with Crippen LogP contribution in [0.5, 0.6) is 0 Å². The first kappa shape index (κ1) is 25.3. The molecule has 0 N–H and O–H groups in total. The molecule has 0 radical (unpaired) electrons. The summed E-state index contributed by atoms with van der Waals surface area (Å²) in [5, 5.41) is 22.8. The summed E-state index contributed by atoms with van der Waals surface area (Å²) in [6.45, 7) is 4.11. The molecule has 0 amide bonds. The molecule has 38 heavy (non-hydrogen) atoms. The van der Waals surface area contributed by atoms with Gasteiger partial charge in [0.25, 0.3) is 0 Å². The molecule has 190 valence electrons. The van der Waals surface area contributed by atoms with Crippen LogP contribution < -0.4 is 0 Å². The van der Waals surface area contributed by atoms with Gasteiger partial charge in [0.1, 0.15) is 11.5 Å². The van der Waals surface area contributed by atoms with Gasteiger partial charge in [-0.05, 0) is 66.4 Å². The number of rotatable bonds is 7. The van der Waals surface area contributed by atoms with Crippen LogP contribution in [0.3, 0.4) is 0 Å². The molecule has 1 aliphatic rings. The predicted molar refractivity (Wildman–Crippen MR) is 137 cm³/mol. The summed E-state index contributed by atoms with van der Waals surface area (Å²) in [5.74, 6) is -0.0718. The molecular weight excluding hydrogens is 484 g/mol. The van der Waals surface area contributed by atoms with E-state index in [9.17, 15) is 19.3 Å². The average molecular weight is 510 g/mol. The molecule has 8 heteroatoms. The van der Waals surface area contributed by atoms with Crippen molar-refractivity contribution in [1.29, 1.82) is 10.5 Å². The van der Waals surface area contributed by atoms with E-state index in [2.05, 4.69) is 27.2 Å². The fourth-order valence-electron chi connectivity index (χ4n) is 5.16. The Hall–Kier alpha value is -4.40. The van der Waals surface area contributed by atoms with Gasteiger partial charge < -0.3 is 4.52 Å². The third kappa shape index (κ3) is 5.18. The standard InChI is InChI=1S/C30H25F2N5O/c1-30(2,32)13-27-23(15-34)11-25(31)12-26(27)24-16-37(17-24)28(20-8-6-19(14-33)7-9-20)21-4-3-5-22(10-21)29-35-18-38-36-29/h3-12,18,24,28H,13,16-17H2,1-2H3/t28-/m0/s1. The Kier molecular flexibility index (Phi) is 6.75. The van der Waals surface area contributed by atoms with Crippen molar-refractivity contribution in [3.05, 3.63) is 106 Å². The molecule has 1 atom stereocenters. The van der Waals surface area contributed by atoms with Gasteiger partial charge in [0.2, 0.25) is 12.2 Å². The molecule has 1 fully saturated rings. The van der Waals surface area contributed by atoms with Crippen LogP contribution >= 0.6 is 0 Å². The number of benzene rings is 3. The molecule has 1 aromatic heterocycles. The first-order valence-corrected chi connectivity index (χ1v) is 12.3. The molecule has 1 aliphatic heterocycles. The Balaban J connectivity index is 1.50. The molecule has 6 nitrogen and oxygen atoms in total. The minimum absolute atomic E-state index is 0.0355. The second kappa shape index (κ2) is 10.2. The molecule has 5 rings (SSSR count). The van der Waals surface area contributed by atoms with Crippen molar-refractivity contribution in [3.63, 3.8) is 0 Å². The Morgan fingerprint density at radius 3 is 2.45 bits per heavy atom. The largest absolute Gasteiger partial charge is 0.342 e. The van der Waals surface area contributed by atoms with Crippen molar-refractivity contribution in [2.24, 2.45) is 0 Å². The number of aromatic nitrogens is 2. The Morgan fingerprint density at radius 2 is 1.82 bits per heavy atom. The molecule has 0 aliphatic carbocycles. The van der Waals surface area contributed by atoms with Gasteiger partial charge in [-0.3, -0.25) is 4.90 Å². The quantitative estimate of drug-likeness (QED) is 0.299. The topological polar surface area (TPSA) is 89.7 Å². The molecule has 0 saturated carbocycles. The minimum atomic E-state index is -1.54. The number of alkyl halides is 1. The number of hydrogen-bond acceptors (Lipinski definition) is 6. The molecule has 0 unspecified atom stereocenters. The van der Waals surface area contributed by atoms with Gasteiger partial charge in [-0.25, -0.2) is 8.78 Å². The Labute approximate surface area is 219 Å². The predicted octanol–water partition coefficient (Wildman–Crippen LogP) is 6.10. The smallest absolute Gasteiger partial charge is 0.214 e. The van der Waals surface area contributed by atoms with E-state index in [4.69, 9.17) is 4.52 Å². The summed E-state index contributed by atoms with van der Waals surface area (Å²) in [6.07, 6.45) is 1.32. The highest BCUT2D eigenvalue weighted by atomic mass is 19.1. The number of hydrogen-bond donors (Lipinski definition) is 0. The van der Waals surface area contributed by atoms with E-state index in [1.807, 2.05) is 36.4 Å². The van der Waals surface area contributed by atoms with Gasteiger partial charge in [-0.15, -0.1) is 0 Å². The minimum Gasteiger partial charge on any atom is -0.342 e. The van der Waals surface area contributed by atoms with E-state index in [1.165, 1.54) is 32.4 Å². The van der Waals surface area contributed by atoms with E-state index < -0.39 is 11.5 Å². The molecule has 0 spiro atoms. The maximum Gasteiger partial charge on any atom is 0.214 e. The van der Waals surface area contributed by atoms with E-state index in [-0.39, 0.29) is 23.9 Å². The molecule has 2 heterocycles. The summed E-state index contributed by atoms with van der Waals surface area (Å²) in [4.78, 5) is 6.41. The van der Waals surface area contributed by atoms with Crippen LogP contribution in [0.15, 0.2) is 71.6 Å². The van der Waals surface area contributed by atoms with E-state index >= 15 is 0 Å². The number of likely N-dealkylation sites (tertiary alicyclic amines) is 1. The SMILES string of the molecule is CC(C)(F)Cc1c(C#N)cc(F)cc1C1CN([C@@H](c2ccc(C#N)cc2)c2cccc(-c3ncon3)c2)C1. The second-order valence-electron chi connectivity index (χ2n) is 10.2. The molecule has 0 bridgehead atoms. The lowest BCUT2D eigenvalue weighted by Crippen LogP contribution is -2.47. The van der Waals surface area contributed by atoms with Gasteiger partial charge in [0, 0.05) is 31.0 Å². The maximum absolute atomic E-state index is 14.7. The van der Waals surface area contributed by atoms with Crippen LogP contribution in [-0.2, 0) is 6.42 Å². The summed E-state index contributed by atoms with van der Waals surface area (Å²) in [7, 11) is 0. The summed E-state index contributed by atoms with van der Waals surface area (Å²) in [5.41, 5.74) is 3.26. The zero-order valence-electron chi connectivity index (χ0n) is 21.0. The van der Waals surface area contributed by atoms with Crippen molar-refractivity contribution < 1.29 is 13.3 Å². The van der Waals surface area contributed by atoms with Crippen molar-refractivity contribution >= 4 is 0 Å². The summed E-state index contributed by atoms with van der Waals surface area (Å²) >= 11 is 0. The molecule has 3 aromatic carbocycles. The van der Waals surface area contributed by atoms with Crippen LogP contribution in [0.4, 0.5) is 8.78 Å². The lowest BCUT2D eigenvalue weighted by molar-refractivity contribution is 0.110. The van der Waals surface area contributed by atoms with Crippen molar-refractivity contribution in [2.75, 3.05) is 13.1 Å². The van der Waals surface area contributed by atoms with Crippen molar-refractivity contribution in [3.8, 4) is 23.5 Å². The van der Waals surface area contributed by atoms with E-state index in [0.29, 0.717) is 35.6 Å². The highest BCUT2D eigenvalue weighted by Gasteiger charge is 2.37. The highest BCUT2D eigenvalue weighted by molar-refractivity contribution is 5.56. The maximum atomic E-state index is 14.7. The van der Waals surface area contributed by atoms with Crippen LogP contribution in [0.25, 0.3) is 11.4 Å². The highest BCUT2D eigenvalue weighted by Crippen LogP contribution is 2.41. The first-order chi connectivity index (χ1) is 18.3. The van der Waals surface area contributed by atoms with E-state index in [1.54, 1.807) is 12.1 Å². The second-order valence-corrected chi connectivity index (χ2v) is 10.2. The van der Waals surface area contributed by atoms with E-state index in [0.717, 1.165) is 16.7 Å². The van der Waals surface area contributed by atoms with Crippen LogP contribution in [-0.4, -0.2) is 33.8 Å². The van der Waals surface area contributed by atoms with Gasteiger partial charge >= 0.3 is 0 Å². The molecular formula is C30H25F2N5O. The van der Waals surface area contributed by atoms with Gasteiger partial charge in [0.05, 0.1) is 29.3 Å². The van der Waals surface area contributed by atoms with Crippen molar-refractivity contribution in [1.82, 2.24) is 15.0 Å². The lowest BCUT2D eigenvalue weighted by Gasteiger charge is -2.46. The fourth-order valence-corrected chi connectivity index (χ4v) is 5.16. The third-order valence-electron chi connectivity index (χ3n) is 6.86. The van der Waals surface area contributed by atoms with Gasteiger partial charge in [-0.2, -0.15) is 15.5 Å². The van der Waals surface area contributed by atoms with Gasteiger partial charge in [0.15, 0.2) is 0 Å². The first-order valence-electron chi connectivity index (χ1n) is 12.3. The van der Waals surface area contributed by atoms with Crippen LogP contribution in [0, 0.1) is 28.5 Å². The number of halogens is 2. The number of nitrogens with zero attached hydrogens (tertiary/aromatic N) is 5. The van der Waals surface area contributed by atoms with Crippen LogP contribution in [0.1, 0.15) is 59.2 Å². The lowest BCUT2D eigenvalue weighted by atomic mass is 9.81. The Morgan fingerprint density at radius 1 is 1.05 bits per heavy atom. The Bertz CT molecular complexity index is 1520. The molecule has 4 aromatic rings. The zero-order chi connectivity index (χ0) is 26.9. The van der Waals surface area contributed by atoms with Crippen molar-refractivity contribution in [2.45, 2.75) is 37.9 Å². The monoisotopic (exact) mass is 509 g/mol. The fraction of sp³-hybridized carbons (Fsp3) is 0.267. The summed E-state index contributed by atoms with van der Waals surface area (Å²) in [6, 6.07) is 22.0.